The molecule has 0 aliphatic rings. The number of hydrogen-bond acceptors (Lipinski definition) is 4. The van der Waals surface area contributed by atoms with Crippen molar-refractivity contribution in [3.8, 4) is 16.9 Å². The van der Waals surface area contributed by atoms with Gasteiger partial charge in [-0.25, -0.2) is 0 Å². The third kappa shape index (κ3) is 4.50. The van der Waals surface area contributed by atoms with Gasteiger partial charge in [-0.3, -0.25) is 9.48 Å². The van der Waals surface area contributed by atoms with E-state index >= 15 is 0 Å². The van der Waals surface area contributed by atoms with Crippen molar-refractivity contribution < 1.29 is 27.8 Å². The predicted octanol–water partition coefficient (Wildman–Crippen LogP) is 3.62. The molecule has 2 rings (SSSR count). The molecule has 0 saturated heterocycles. The fourth-order valence-electron chi connectivity index (χ4n) is 2.04. The number of esters is 1. The molecule has 0 radical (unpaired) electrons. The van der Waals surface area contributed by atoms with Gasteiger partial charge in [-0.15, -0.1) is 0 Å². The van der Waals surface area contributed by atoms with Gasteiger partial charge in [-0.05, 0) is 39.0 Å². The second-order valence-corrected chi connectivity index (χ2v) is 6.24. The summed E-state index contributed by atoms with van der Waals surface area (Å²) in [6.45, 7) is 4.98. The maximum Gasteiger partial charge on any atom is 0.416 e. The van der Waals surface area contributed by atoms with Gasteiger partial charge < -0.3 is 9.84 Å². The van der Waals surface area contributed by atoms with E-state index in [1.54, 1.807) is 20.8 Å². The Morgan fingerprint density at radius 2 is 1.96 bits per heavy atom. The summed E-state index contributed by atoms with van der Waals surface area (Å²) >= 11 is 0. The highest BCUT2D eigenvalue weighted by Crippen LogP contribution is 2.36. The van der Waals surface area contributed by atoms with E-state index < -0.39 is 23.3 Å². The molecular weight excluding hydrogens is 325 g/mol. The van der Waals surface area contributed by atoms with Crippen LogP contribution in [0, 0.1) is 0 Å². The molecule has 1 heterocycles. The Labute approximate surface area is 136 Å². The van der Waals surface area contributed by atoms with Gasteiger partial charge in [0.2, 0.25) is 0 Å². The van der Waals surface area contributed by atoms with E-state index in [0.29, 0.717) is 0 Å². The third-order valence-electron chi connectivity index (χ3n) is 2.98. The zero-order chi connectivity index (χ0) is 18.1. The molecule has 0 amide bonds. The first-order valence-electron chi connectivity index (χ1n) is 7.10. The van der Waals surface area contributed by atoms with Crippen LogP contribution in [0.15, 0.2) is 30.6 Å². The van der Waals surface area contributed by atoms with Crippen molar-refractivity contribution in [2.24, 2.45) is 0 Å². The largest absolute Gasteiger partial charge is 0.507 e. The Balaban J connectivity index is 2.23. The number of ether oxygens (including phenoxy) is 1. The molecule has 0 aliphatic carbocycles. The highest BCUT2D eigenvalue weighted by Gasteiger charge is 2.31. The lowest BCUT2D eigenvalue weighted by atomic mass is 10.0. The van der Waals surface area contributed by atoms with Crippen molar-refractivity contribution in [2.75, 3.05) is 0 Å². The fourth-order valence-corrected chi connectivity index (χ4v) is 2.04. The van der Waals surface area contributed by atoms with Crippen LogP contribution in [0.3, 0.4) is 0 Å². The van der Waals surface area contributed by atoms with Crippen LogP contribution in [0.4, 0.5) is 13.2 Å². The minimum absolute atomic E-state index is 0.0136. The number of benzene rings is 1. The molecule has 0 bridgehead atoms. The van der Waals surface area contributed by atoms with Crippen molar-refractivity contribution >= 4 is 5.97 Å². The summed E-state index contributed by atoms with van der Waals surface area (Å²) < 4.78 is 44.7. The molecule has 0 fully saturated rings. The standard InChI is InChI=1S/C16H17F3N2O3/c1-15(2,3)24-14(23)9-21-8-10(7-20-21)12-6-11(16(17,18)19)4-5-13(12)22/h4-8,22H,9H2,1-3H3. The number of alkyl halides is 3. The molecule has 2 aromatic rings. The van der Waals surface area contributed by atoms with Gasteiger partial charge in [-0.1, -0.05) is 0 Å². The number of carbonyl (C=O) groups excluding carboxylic acids is 1. The van der Waals surface area contributed by atoms with Crippen molar-refractivity contribution in [2.45, 2.75) is 39.1 Å². The van der Waals surface area contributed by atoms with E-state index in [1.807, 2.05) is 0 Å². The monoisotopic (exact) mass is 342 g/mol. The molecule has 5 nitrogen and oxygen atoms in total. The first-order valence-corrected chi connectivity index (χ1v) is 7.10. The SMILES string of the molecule is CC(C)(C)OC(=O)Cn1cc(-c2cc(C(F)(F)F)ccc2O)cn1. The lowest BCUT2D eigenvalue weighted by Gasteiger charge is -2.19. The van der Waals surface area contributed by atoms with E-state index in [1.165, 1.54) is 17.1 Å². The molecule has 1 aromatic carbocycles. The summed E-state index contributed by atoms with van der Waals surface area (Å²) in [4.78, 5) is 11.7. The maximum atomic E-state index is 12.8. The van der Waals surface area contributed by atoms with E-state index in [4.69, 9.17) is 4.74 Å². The van der Waals surface area contributed by atoms with Crippen LogP contribution in [0.1, 0.15) is 26.3 Å². The summed E-state index contributed by atoms with van der Waals surface area (Å²) in [6, 6.07) is 2.61. The minimum Gasteiger partial charge on any atom is -0.507 e. The van der Waals surface area contributed by atoms with E-state index in [-0.39, 0.29) is 23.4 Å². The zero-order valence-corrected chi connectivity index (χ0v) is 13.4. The van der Waals surface area contributed by atoms with Gasteiger partial charge in [0.1, 0.15) is 17.9 Å². The average Bonchev–Trinajstić information content (AvgIpc) is 2.83. The molecule has 130 valence electrons. The molecule has 1 aromatic heterocycles. The van der Waals surface area contributed by atoms with Crippen LogP contribution in [-0.2, 0) is 22.3 Å². The van der Waals surface area contributed by atoms with Gasteiger partial charge >= 0.3 is 12.1 Å². The number of aromatic nitrogens is 2. The summed E-state index contributed by atoms with van der Waals surface area (Å²) in [5.74, 6) is -0.828. The number of carbonyl (C=O) groups is 1. The van der Waals surface area contributed by atoms with Crippen LogP contribution < -0.4 is 0 Å². The van der Waals surface area contributed by atoms with Gasteiger partial charge in [0.25, 0.3) is 0 Å². The first-order chi connectivity index (χ1) is 11.0. The van der Waals surface area contributed by atoms with Crippen molar-refractivity contribution in [1.29, 1.82) is 0 Å². The van der Waals surface area contributed by atoms with Crippen molar-refractivity contribution in [1.82, 2.24) is 9.78 Å². The van der Waals surface area contributed by atoms with E-state index in [0.717, 1.165) is 18.2 Å². The summed E-state index contributed by atoms with van der Waals surface area (Å²) in [5.41, 5.74) is -1.27. The van der Waals surface area contributed by atoms with E-state index in [2.05, 4.69) is 5.10 Å². The molecular formula is C16H17F3N2O3. The predicted molar refractivity (Wildman–Crippen MR) is 80.2 cm³/mol. The Hall–Kier alpha value is -2.51. The molecule has 8 heteroatoms. The van der Waals surface area contributed by atoms with Crippen molar-refractivity contribution in [3.63, 3.8) is 0 Å². The topological polar surface area (TPSA) is 64.3 Å². The van der Waals surface area contributed by atoms with Crippen LogP contribution in [0.25, 0.3) is 11.1 Å². The number of aromatic hydroxyl groups is 1. The van der Waals surface area contributed by atoms with Gasteiger partial charge in [-0.2, -0.15) is 18.3 Å². The Morgan fingerprint density at radius 3 is 2.54 bits per heavy atom. The zero-order valence-electron chi connectivity index (χ0n) is 13.4. The summed E-state index contributed by atoms with van der Waals surface area (Å²) in [6.07, 6.45) is -1.87. The van der Waals surface area contributed by atoms with Crippen LogP contribution in [0.2, 0.25) is 0 Å². The second-order valence-electron chi connectivity index (χ2n) is 6.24. The number of halogens is 3. The van der Waals surface area contributed by atoms with Crippen molar-refractivity contribution in [3.05, 3.63) is 36.2 Å². The number of nitrogens with zero attached hydrogens (tertiary/aromatic N) is 2. The lowest BCUT2D eigenvalue weighted by molar-refractivity contribution is -0.155. The van der Waals surface area contributed by atoms with Crippen LogP contribution >= 0.6 is 0 Å². The molecule has 0 aliphatic heterocycles. The highest BCUT2D eigenvalue weighted by molar-refractivity contribution is 5.72. The number of phenolic OH excluding ortho intramolecular Hbond substituents is 1. The normalized spacial score (nSPS) is 12.2. The molecule has 0 saturated carbocycles. The first kappa shape index (κ1) is 17.8. The van der Waals surface area contributed by atoms with Crippen LogP contribution in [0.5, 0.6) is 5.75 Å². The highest BCUT2D eigenvalue weighted by atomic mass is 19.4. The molecule has 0 atom stereocenters. The number of rotatable bonds is 3. The quantitative estimate of drug-likeness (QED) is 0.866. The summed E-state index contributed by atoms with van der Waals surface area (Å²) in [5, 5.41) is 13.7. The minimum atomic E-state index is -4.52. The average molecular weight is 342 g/mol. The Kier molecular flexibility index (Phi) is 4.59. The van der Waals surface area contributed by atoms with Crippen LogP contribution in [-0.4, -0.2) is 26.5 Å². The molecule has 24 heavy (non-hydrogen) atoms. The van der Waals surface area contributed by atoms with Gasteiger partial charge in [0.05, 0.1) is 11.8 Å². The summed E-state index contributed by atoms with van der Waals surface area (Å²) in [7, 11) is 0. The Morgan fingerprint density at radius 1 is 1.29 bits per heavy atom. The fraction of sp³-hybridized carbons (Fsp3) is 0.375. The molecule has 0 unspecified atom stereocenters. The number of phenols is 1. The lowest BCUT2D eigenvalue weighted by Crippen LogP contribution is -2.26. The molecule has 0 spiro atoms. The van der Waals surface area contributed by atoms with E-state index in [9.17, 15) is 23.1 Å². The van der Waals surface area contributed by atoms with Gasteiger partial charge in [0, 0.05) is 17.3 Å². The maximum absolute atomic E-state index is 12.8. The van der Waals surface area contributed by atoms with Gasteiger partial charge in [0.15, 0.2) is 0 Å². The smallest absolute Gasteiger partial charge is 0.416 e. The second kappa shape index (κ2) is 6.18. The Bertz CT molecular complexity index is 746. The number of hydrogen-bond donors (Lipinski definition) is 1. The molecule has 1 N–H and O–H groups in total. The third-order valence-corrected chi connectivity index (χ3v) is 2.98.